The monoisotopic (exact) mass is 393 g/mol. The smallest absolute Gasteiger partial charge is 0.283 e. The number of aromatic nitrogens is 4. The molecule has 3 aromatic heterocycles. The fourth-order valence-corrected chi connectivity index (χ4v) is 3.56. The van der Waals surface area contributed by atoms with Gasteiger partial charge in [0.15, 0.2) is 5.76 Å². The SMILES string of the molecule is CCOC1=C/C(=C\c2c(N)n3nc(-c4cccnc4)sc3nc2=O)C=CC1=O. The molecule has 4 rings (SSSR count). The van der Waals surface area contributed by atoms with Crippen LogP contribution in [0.1, 0.15) is 12.5 Å². The van der Waals surface area contributed by atoms with Gasteiger partial charge in [-0.25, -0.2) is 0 Å². The van der Waals surface area contributed by atoms with Crippen molar-refractivity contribution in [3.8, 4) is 10.6 Å². The van der Waals surface area contributed by atoms with E-state index in [0.29, 0.717) is 22.1 Å². The molecular weight excluding hydrogens is 378 g/mol. The molecule has 140 valence electrons. The second-order valence-corrected chi connectivity index (χ2v) is 6.80. The van der Waals surface area contributed by atoms with Crippen LogP contribution < -0.4 is 11.3 Å². The molecular formula is C19H15N5O3S. The normalized spacial score (nSPS) is 15.2. The first-order valence-electron chi connectivity index (χ1n) is 8.45. The third-order valence-corrected chi connectivity index (χ3v) is 4.94. The molecule has 3 heterocycles. The summed E-state index contributed by atoms with van der Waals surface area (Å²) in [6, 6.07) is 3.67. The summed E-state index contributed by atoms with van der Waals surface area (Å²) in [7, 11) is 0. The number of allylic oxidation sites excluding steroid dienone is 4. The molecule has 0 radical (unpaired) electrons. The molecule has 3 aromatic rings. The minimum Gasteiger partial charge on any atom is -0.490 e. The maximum absolute atomic E-state index is 12.5. The van der Waals surface area contributed by atoms with Gasteiger partial charge in [0.05, 0.1) is 12.2 Å². The fraction of sp³-hybridized carbons (Fsp3) is 0.105. The van der Waals surface area contributed by atoms with Crippen molar-refractivity contribution < 1.29 is 9.53 Å². The Balaban J connectivity index is 1.81. The number of carbonyl (C=O) groups excluding carboxylic acids is 1. The average Bonchev–Trinajstić information content (AvgIpc) is 3.12. The van der Waals surface area contributed by atoms with E-state index < -0.39 is 5.56 Å². The molecule has 0 saturated carbocycles. The van der Waals surface area contributed by atoms with Crippen molar-refractivity contribution in [1.29, 1.82) is 0 Å². The van der Waals surface area contributed by atoms with E-state index in [0.717, 1.165) is 5.56 Å². The number of nitrogens with zero attached hydrogens (tertiary/aromatic N) is 4. The Bertz CT molecular complexity index is 1220. The number of ketones is 1. The number of pyridine rings is 1. The van der Waals surface area contributed by atoms with Crippen molar-refractivity contribution in [2.24, 2.45) is 0 Å². The molecule has 0 atom stereocenters. The number of nitrogens with two attached hydrogens (primary N) is 1. The summed E-state index contributed by atoms with van der Waals surface area (Å²) in [5, 5.41) is 5.11. The maximum atomic E-state index is 12.5. The summed E-state index contributed by atoms with van der Waals surface area (Å²) < 4.78 is 6.75. The van der Waals surface area contributed by atoms with Crippen molar-refractivity contribution in [3.63, 3.8) is 0 Å². The van der Waals surface area contributed by atoms with Gasteiger partial charge in [-0.15, -0.1) is 0 Å². The van der Waals surface area contributed by atoms with Crippen molar-refractivity contribution in [2.75, 3.05) is 12.3 Å². The molecule has 8 nitrogen and oxygen atoms in total. The highest BCUT2D eigenvalue weighted by atomic mass is 32.1. The van der Waals surface area contributed by atoms with Gasteiger partial charge in [-0.05, 0) is 42.9 Å². The molecule has 2 N–H and O–H groups in total. The Morgan fingerprint density at radius 3 is 2.93 bits per heavy atom. The Kier molecular flexibility index (Phi) is 4.58. The molecule has 9 heteroatoms. The van der Waals surface area contributed by atoms with Crippen LogP contribution in [0, 0.1) is 0 Å². The highest BCUT2D eigenvalue weighted by molar-refractivity contribution is 7.19. The first-order chi connectivity index (χ1) is 13.6. The van der Waals surface area contributed by atoms with E-state index in [-0.39, 0.29) is 22.9 Å². The minimum absolute atomic E-state index is 0.172. The van der Waals surface area contributed by atoms with Crippen LogP contribution in [0.4, 0.5) is 5.82 Å². The molecule has 0 saturated heterocycles. The first-order valence-corrected chi connectivity index (χ1v) is 9.27. The van der Waals surface area contributed by atoms with Gasteiger partial charge in [0.1, 0.15) is 10.8 Å². The third-order valence-electron chi connectivity index (χ3n) is 3.98. The molecule has 0 fully saturated rings. The number of hydrogen-bond acceptors (Lipinski definition) is 8. The molecule has 0 spiro atoms. The topological polar surface area (TPSA) is 112 Å². The lowest BCUT2D eigenvalue weighted by Crippen LogP contribution is -2.17. The lowest BCUT2D eigenvalue weighted by atomic mass is 10.0. The van der Waals surface area contributed by atoms with Crippen LogP contribution in [0.25, 0.3) is 21.6 Å². The first kappa shape index (κ1) is 17.8. The Labute approximate surface area is 163 Å². The summed E-state index contributed by atoms with van der Waals surface area (Å²) in [5.41, 5.74) is 7.36. The number of carbonyl (C=O) groups is 1. The zero-order valence-corrected chi connectivity index (χ0v) is 15.6. The molecule has 0 aromatic carbocycles. The van der Waals surface area contributed by atoms with Gasteiger partial charge in [0.2, 0.25) is 10.7 Å². The summed E-state index contributed by atoms with van der Waals surface area (Å²) in [6.45, 7) is 2.16. The van der Waals surface area contributed by atoms with Crippen LogP contribution in [0.15, 0.2) is 58.9 Å². The zero-order chi connectivity index (χ0) is 19.7. The zero-order valence-electron chi connectivity index (χ0n) is 14.8. The Morgan fingerprint density at radius 1 is 1.32 bits per heavy atom. The second kappa shape index (κ2) is 7.20. The summed E-state index contributed by atoms with van der Waals surface area (Å²) >= 11 is 1.25. The van der Waals surface area contributed by atoms with E-state index in [1.165, 1.54) is 21.9 Å². The van der Waals surface area contributed by atoms with Gasteiger partial charge >= 0.3 is 0 Å². The molecule has 0 unspecified atom stereocenters. The minimum atomic E-state index is -0.469. The van der Waals surface area contributed by atoms with E-state index in [1.54, 1.807) is 43.6 Å². The van der Waals surface area contributed by atoms with Gasteiger partial charge in [-0.1, -0.05) is 17.4 Å². The predicted octanol–water partition coefficient (Wildman–Crippen LogP) is 2.24. The maximum Gasteiger partial charge on any atom is 0.283 e. The molecule has 1 aliphatic carbocycles. The van der Waals surface area contributed by atoms with E-state index >= 15 is 0 Å². The quantitative estimate of drug-likeness (QED) is 0.723. The van der Waals surface area contributed by atoms with Crippen molar-refractivity contribution in [3.05, 3.63) is 70.0 Å². The summed E-state index contributed by atoms with van der Waals surface area (Å²) in [6.07, 6.45) is 9.48. The third kappa shape index (κ3) is 3.23. The second-order valence-electron chi connectivity index (χ2n) is 5.84. The standard InChI is InChI=1S/C19H15N5O3S/c1-2-27-15-9-11(5-6-14(15)25)8-13-16(20)24-19(22-17(13)26)28-18(23-24)12-4-3-7-21-10-12/h3-10H,2,20H2,1H3/b11-8-. The van der Waals surface area contributed by atoms with Crippen LogP contribution in [0.3, 0.4) is 0 Å². The van der Waals surface area contributed by atoms with E-state index in [1.807, 2.05) is 6.07 Å². The largest absolute Gasteiger partial charge is 0.490 e. The number of ether oxygens (including phenoxy) is 1. The lowest BCUT2D eigenvalue weighted by molar-refractivity contribution is -0.114. The predicted molar refractivity (Wildman–Crippen MR) is 107 cm³/mol. The summed E-state index contributed by atoms with van der Waals surface area (Å²) in [4.78, 5) is 32.9. The fourth-order valence-electron chi connectivity index (χ4n) is 2.67. The molecule has 1 aliphatic rings. The summed E-state index contributed by atoms with van der Waals surface area (Å²) in [5.74, 6) is 0.167. The van der Waals surface area contributed by atoms with Crippen molar-refractivity contribution in [1.82, 2.24) is 19.6 Å². The van der Waals surface area contributed by atoms with Crippen LogP contribution in [-0.2, 0) is 9.53 Å². The van der Waals surface area contributed by atoms with Crippen LogP contribution in [0.5, 0.6) is 0 Å². The van der Waals surface area contributed by atoms with Crippen LogP contribution in [-0.4, -0.2) is 32.0 Å². The van der Waals surface area contributed by atoms with Crippen LogP contribution in [0.2, 0.25) is 0 Å². The highest BCUT2D eigenvalue weighted by Gasteiger charge is 2.16. The van der Waals surface area contributed by atoms with Gasteiger partial charge in [-0.2, -0.15) is 14.6 Å². The molecule has 28 heavy (non-hydrogen) atoms. The highest BCUT2D eigenvalue weighted by Crippen LogP contribution is 2.26. The van der Waals surface area contributed by atoms with Gasteiger partial charge in [0, 0.05) is 18.0 Å². The molecule has 0 amide bonds. The van der Waals surface area contributed by atoms with Gasteiger partial charge < -0.3 is 10.5 Å². The van der Waals surface area contributed by atoms with E-state index in [2.05, 4.69) is 15.1 Å². The van der Waals surface area contributed by atoms with E-state index in [9.17, 15) is 9.59 Å². The Morgan fingerprint density at radius 2 is 2.18 bits per heavy atom. The number of nitrogen functional groups attached to an aromatic ring is 1. The Hall–Kier alpha value is -3.59. The average molecular weight is 393 g/mol. The number of hydrogen-bond donors (Lipinski definition) is 1. The van der Waals surface area contributed by atoms with Crippen molar-refractivity contribution >= 4 is 34.0 Å². The molecule has 0 bridgehead atoms. The molecule has 0 aliphatic heterocycles. The van der Waals surface area contributed by atoms with Gasteiger partial charge in [-0.3, -0.25) is 14.6 Å². The number of rotatable bonds is 4. The number of fused-ring (bicyclic) bond motifs is 1. The van der Waals surface area contributed by atoms with E-state index in [4.69, 9.17) is 10.5 Å². The van der Waals surface area contributed by atoms with Crippen molar-refractivity contribution in [2.45, 2.75) is 6.92 Å². The van der Waals surface area contributed by atoms with Gasteiger partial charge in [0.25, 0.3) is 5.56 Å². The lowest BCUT2D eigenvalue weighted by Gasteiger charge is -2.10. The number of anilines is 1. The van der Waals surface area contributed by atoms with Crippen LogP contribution >= 0.6 is 11.3 Å².